The normalized spacial score (nSPS) is 11.5. The summed E-state index contributed by atoms with van der Waals surface area (Å²) in [6.07, 6.45) is 0.102. The molecule has 0 bridgehead atoms. The molecule has 0 aliphatic heterocycles. The molecule has 0 spiro atoms. The molecular formula is C27H32FNO5. The number of rotatable bonds is 9. The number of furan rings is 1. The van der Waals surface area contributed by atoms with Crippen LogP contribution in [0.4, 0.5) is 9.18 Å². The number of carbonyl (C=O) groups excluding carboxylic acids is 1. The Labute approximate surface area is 199 Å². The second-order valence-corrected chi connectivity index (χ2v) is 9.02. The van der Waals surface area contributed by atoms with E-state index >= 15 is 4.39 Å². The third-order valence-electron chi connectivity index (χ3n) is 5.04. The summed E-state index contributed by atoms with van der Waals surface area (Å²) in [6.45, 7) is 11.8. The second kappa shape index (κ2) is 10.7. The number of halogens is 1. The van der Waals surface area contributed by atoms with Crippen molar-refractivity contribution in [3.63, 3.8) is 0 Å². The molecule has 1 heterocycles. The lowest BCUT2D eigenvalue weighted by molar-refractivity contribution is 0.0523. The maximum Gasteiger partial charge on any atom is 0.407 e. The van der Waals surface area contributed by atoms with Crippen LogP contribution in [0.2, 0.25) is 0 Å². The average molecular weight is 470 g/mol. The van der Waals surface area contributed by atoms with Crippen LogP contribution in [0.15, 0.2) is 53.2 Å². The molecule has 0 fully saturated rings. The molecule has 1 aromatic heterocycles. The van der Waals surface area contributed by atoms with Crippen molar-refractivity contribution in [2.75, 3.05) is 7.11 Å². The minimum absolute atomic E-state index is 0.00999. The van der Waals surface area contributed by atoms with Crippen molar-refractivity contribution in [1.82, 2.24) is 5.32 Å². The number of hydrogen-bond donors (Lipinski definition) is 1. The van der Waals surface area contributed by atoms with Crippen molar-refractivity contribution in [2.45, 2.75) is 59.5 Å². The SMILES string of the molecule is C=C(CC)OCc1cc(-c2cccc(CNC(=O)OC(C)(C)C)c2F)c2oc(COC)cc2c1. The third-order valence-corrected chi connectivity index (χ3v) is 5.04. The van der Waals surface area contributed by atoms with Gasteiger partial charge in [-0.1, -0.05) is 31.7 Å². The molecule has 1 amide bonds. The number of alkyl carbamates (subject to hydrolysis) is 1. The van der Waals surface area contributed by atoms with Crippen LogP contribution >= 0.6 is 0 Å². The first-order chi connectivity index (χ1) is 16.1. The van der Waals surface area contributed by atoms with E-state index in [1.54, 1.807) is 46.1 Å². The minimum Gasteiger partial charge on any atom is -0.494 e. The molecule has 0 radical (unpaired) electrons. The predicted octanol–water partition coefficient (Wildman–Crippen LogP) is 6.85. The van der Waals surface area contributed by atoms with Crippen LogP contribution < -0.4 is 5.32 Å². The first-order valence-corrected chi connectivity index (χ1v) is 11.2. The Bertz CT molecular complexity index is 1180. The summed E-state index contributed by atoms with van der Waals surface area (Å²) in [6, 6.07) is 10.8. The van der Waals surface area contributed by atoms with E-state index in [0.717, 1.165) is 10.9 Å². The Kier molecular flexibility index (Phi) is 7.99. The van der Waals surface area contributed by atoms with Crippen molar-refractivity contribution in [1.29, 1.82) is 0 Å². The van der Waals surface area contributed by atoms with Gasteiger partial charge in [0.05, 0.1) is 5.76 Å². The summed E-state index contributed by atoms with van der Waals surface area (Å²) < 4.78 is 37.8. The maximum atomic E-state index is 15.6. The van der Waals surface area contributed by atoms with Gasteiger partial charge in [-0.15, -0.1) is 0 Å². The molecule has 3 aromatic rings. The van der Waals surface area contributed by atoms with Gasteiger partial charge in [0.25, 0.3) is 0 Å². The van der Waals surface area contributed by atoms with E-state index in [1.807, 2.05) is 25.1 Å². The fourth-order valence-electron chi connectivity index (χ4n) is 3.46. The van der Waals surface area contributed by atoms with Gasteiger partial charge in [0.15, 0.2) is 0 Å². The fourth-order valence-corrected chi connectivity index (χ4v) is 3.46. The fraction of sp³-hybridized carbons (Fsp3) is 0.370. The summed E-state index contributed by atoms with van der Waals surface area (Å²) in [5.74, 6) is 0.869. The van der Waals surface area contributed by atoms with E-state index in [4.69, 9.17) is 18.6 Å². The first kappa shape index (κ1) is 25.3. The van der Waals surface area contributed by atoms with Gasteiger partial charge in [0.2, 0.25) is 0 Å². The summed E-state index contributed by atoms with van der Waals surface area (Å²) in [5, 5.41) is 3.43. The molecule has 2 aromatic carbocycles. The van der Waals surface area contributed by atoms with Gasteiger partial charge in [-0.25, -0.2) is 9.18 Å². The zero-order valence-corrected chi connectivity index (χ0v) is 20.4. The quantitative estimate of drug-likeness (QED) is 0.347. The number of nitrogens with one attached hydrogen (secondary N) is 1. The zero-order valence-electron chi connectivity index (χ0n) is 20.4. The van der Waals surface area contributed by atoms with Gasteiger partial charge in [0, 0.05) is 42.2 Å². The molecule has 0 aliphatic rings. The highest BCUT2D eigenvalue weighted by Crippen LogP contribution is 2.35. The van der Waals surface area contributed by atoms with Gasteiger partial charge in [-0.2, -0.15) is 0 Å². The molecule has 182 valence electrons. The first-order valence-electron chi connectivity index (χ1n) is 11.2. The topological polar surface area (TPSA) is 69.9 Å². The smallest absolute Gasteiger partial charge is 0.407 e. The maximum absolute atomic E-state index is 15.6. The van der Waals surface area contributed by atoms with Gasteiger partial charge in [-0.3, -0.25) is 0 Å². The number of fused-ring (bicyclic) bond motifs is 1. The van der Waals surface area contributed by atoms with Gasteiger partial charge >= 0.3 is 6.09 Å². The van der Waals surface area contributed by atoms with Gasteiger partial charge < -0.3 is 23.9 Å². The average Bonchev–Trinajstić information content (AvgIpc) is 3.18. The number of amides is 1. The lowest BCUT2D eigenvalue weighted by atomic mass is 9.98. The lowest BCUT2D eigenvalue weighted by Crippen LogP contribution is -2.32. The van der Waals surface area contributed by atoms with E-state index < -0.39 is 17.5 Å². The number of benzene rings is 2. The molecule has 0 unspecified atom stereocenters. The van der Waals surface area contributed by atoms with E-state index in [-0.39, 0.29) is 6.54 Å². The van der Waals surface area contributed by atoms with Crippen molar-refractivity contribution < 1.29 is 27.8 Å². The van der Waals surface area contributed by atoms with E-state index in [9.17, 15) is 4.79 Å². The predicted molar refractivity (Wildman–Crippen MR) is 130 cm³/mol. The highest BCUT2D eigenvalue weighted by Gasteiger charge is 2.19. The van der Waals surface area contributed by atoms with Gasteiger partial charge in [-0.05, 0) is 44.5 Å². The summed E-state index contributed by atoms with van der Waals surface area (Å²) in [7, 11) is 1.59. The number of ether oxygens (including phenoxy) is 3. The molecule has 1 N–H and O–H groups in total. The molecule has 0 atom stereocenters. The molecule has 34 heavy (non-hydrogen) atoms. The van der Waals surface area contributed by atoms with E-state index in [1.165, 1.54) is 0 Å². The highest BCUT2D eigenvalue weighted by molar-refractivity contribution is 5.94. The van der Waals surface area contributed by atoms with Gasteiger partial charge in [0.1, 0.15) is 36.0 Å². The monoisotopic (exact) mass is 469 g/mol. The van der Waals surface area contributed by atoms with Crippen LogP contribution in [0.25, 0.3) is 22.1 Å². The Balaban J connectivity index is 1.98. The Morgan fingerprint density at radius 1 is 1.15 bits per heavy atom. The number of hydrogen-bond acceptors (Lipinski definition) is 5. The van der Waals surface area contributed by atoms with Crippen LogP contribution in [0, 0.1) is 5.82 Å². The molecule has 0 saturated heterocycles. The largest absolute Gasteiger partial charge is 0.494 e. The minimum atomic E-state index is -0.638. The highest BCUT2D eigenvalue weighted by atomic mass is 19.1. The van der Waals surface area contributed by atoms with Crippen LogP contribution in [-0.2, 0) is 34.0 Å². The standard InChI is InChI=1S/C27H32FNO5/c1-7-17(2)32-15-18-11-20-13-21(16-31-6)33-25(20)23(12-18)22-10-8-9-19(24(22)28)14-29-26(30)34-27(3,4)5/h8-13H,2,7,14-16H2,1,3-6H3,(H,29,30). The summed E-state index contributed by atoms with van der Waals surface area (Å²) in [4.78, 5) is 12.0. The Hall–Kier alpha value is -3.32. The van der Waals surface area contributed by atoms with Crippen molar-refractivity contribution >= 4 is 17.1 Å². The van der Waals surface area contributed by atoms with Crippen molar-refractivity contribution in [2.24, 2.45) is 0 Å². The van der Waals surface area contributed by atoms with Crippen LogP contribution in [-0.4, -0.2) is 18.8 Å². The van der Waals surface area contributed by atoms with Crippen LogP contribution in [0.3, 0.4) is 0 Å². The molecule has 0 aliphatic carbocycles. The molecule has 6 nitrogen and oxygen atoms in total. The summed E-state index contributed by atoms with van der Waals surface area (Å²) in [5.41, 5.74) is 2.07. The molecular weight excluding hydrogens is 437 g/mol. The number of carbonyl (C=O) groups is 1. The van der Waals surface area contributed by atoms with Crippen LogP contribution in [0.5, 0.6) is 0 Å². The number of allylic oxidation sites excluding steroid dienone is 1. The molecule has 7 heteroatoms. The molecule has 3 rings (SSSR count). The Morgan fingerprint density at radius 3 is 2.59 bits per heavy atom. The van der Waals surface area contributed by atoms with Crippen LogP contribution in [0.1, 0.15) is 51.0 Å². The Morgan fingerprint density at radius 2 is 1.91 bits per heavy atom. The zero-order chi connectivity index (χ0) is 24.9. The molecule has 0 saturated carbocycles. The van der Waals surface area contributed by atoms with E-state index in [2.05, 4.69) is 11.9 Å². The lowest BCUT2D eigenvalue weighted by Gasteiger charge is -2.20. The van der Waals surface area contributed by atoms with Crippen molar-refractivity contribution in [3.05, 3.63) is 71.4 Å². The third kappa shape index (κ3) is 6.38. The summed E-state index contributed by atoms with van der Waals surface area (Å²) >= 11 is 0. The van der Waals surface area contributed by atoms with Crippen molar-refractivity contribution in [3.8, 4) is 11.1 Å². The number of methoxy groups -OCH3 is 1. The second-order valence-electron chi connectivity index (χ2n) is 9.02. The van der Waals surface area contributed by atoms with E-state index in [0.29, 0.717) is 53.4 Å².